The Balaban J connectivity index is 1.89. The van der Waals surface area contributed by atoms with Crippen molar-refractivity contribution in [2.24, 2.45) is 0 Å². The Morgan fingerprint density at radius 2 is 2.10 bits per heavy atom. The van der Waals surface area contributed by atoms with Crippen LogP contribution < -0.4 is 0 Å². The molecule has 0 spiro atoms. The Labute approximate surface area is 122 Å². The zero-order valence-corrected chi connectivity index (χ0v) is 11.7. The molecule has 2 aliphatic heterocycles. The Hall–Kier alpha value is -1.47. The van der Waals surface area contributed by atoms with Gasteiger partial charge in [-0.1, -0.05) is 30.3 Å². The predicted octanol–water partition coefficient (Wildman–Crippen LogP) is 0.792. The molecule has 0 unspecified atom stereocenters. The molecular weight excluding hydrogens is 276 g/mol. The third-order valence-corrected chi connectivity index (χ3v) is 3.80. The first kappa shape index (κ1) is 14.5. The first-order chi connectivity index (χ1) is 10.2. The minimum Gasteiger partial charge on any atom is -0.456 e. The van der Waals surface area contributed by atoms with Crippen LogP contribution in [-0.2, 0) is 23.7 Å². The van der Waals surface area contributed by atoms with Gasteiger partial charge in [0.15, 0.2) is 6.10 Å². The molecule has 0 radical (unpaired) electrons. The fourth-order valence-corrected chi connectivity index (χ4v) is 2.83. The summed E-state index contributed by atoms with van der Waals surface area (Å²) < 4.78 is 21.7. The van der Waals surface area contributed by atoms with E-state index in [9.17, 15) is 9.90 Å². The summed E-state index contributed by atoms with van der Waals surface area (Å²) in [6.07, 6.45) is -3.16. The van der Waals surface area contributed by atoms with Gasteiger partial charge in [-0.15, -0.1) is 0 Å². The predicted molar refractivity (Wildman–Crippen MR) is 71.3 cm³/mol. The third-order valence-electron chi connectivity index (χ3n) is 3.80. The monoisotopic (exact) mass is 294 g/mol. The van der Waals surface area contributed by atoms with E-state index in [1.165, 1.54) is 7.11 Å². The fourth-order valence-electron chi connectivity index (χ4n) is 2.83. The first-order valence-electron chi connectivity index (χ1n) is 6.89. The molecule has 1 aromatic carbocycles. The molecule has 2 fully saturated rings. The van der Waals surface area contributed by atoms with Gasteiger partial charge in [0.1, 0.15) is 25.1 Å². The van der Waals surface area contributed by atoms with Crippen LogP contribution >= 0.6 is 0 Å². The van der Waals surface area contributed by atoms with E-state index >= 15 is 0 Å². The standard InChI is InChI=1S/C15H18O6/c1-18-8-19-15-13(9-5-3-2-4-6-9)20-10-7-11(16)21-14(15)12(10)17/h2-6,10,12-15,17H,7-8H2,1H3/t10-,12-,13-,14-,15-/m1/s1. The average molecular weight is 294 g/mol. The molecule has 2 aliphatic rings. The second-order valence-corrected chi connectivity index (χ2v) is 5.19. The molecule has 6 heteroatoms. The van der Waals surface area contributed by atoms with Crippen molar-refractivity contribution in [3.63, 3.8) is 0 Å². The Bertz CT molecular complexity index is 490. The van der Waals surface area contributed by atoms with E-state index in [1.54, 1.807) is 0 Å². The molecule has 6 nitrogen and oxygen atoms in total. The smallest absolute Gasteiger partial charge is 0.308 e. The minimum atomic E-state index is -0.885. The highest BCUT2D eigenvalue weighted by atomic mass is 16.7. The Morgan fingerprint density at radius 3 is 2.81 bits per heavy atom. The molecule has 21 heavy (non-hydrogen) atoms. The van der Waals surface area contributed by atoms with Gasteiger partial charge < -0.3 is 24.1 Å². The van der Waals surface area contributed by atoms with Gasteiger partial charge in [0.2, 0.25) is 0 Å². The zero-order valence-electron chi connectivity index (χ0n) is 11.7. The quantitative estimate of drug-likeness (QED) is 0.654. The average Bonchev–Trinajstić information content (AvgIpc) is 2.49. The highest BCUT2D eigenvalue weighted by Crippen LogP contribution is 2.39. The summed E-state index contributed by atoms with van der Waals surface area (Å²) in [5.74, 6) is -0.382. The van der Waals surface area contributed by atoms with Crippen LogP contribution in [-0.4, -0.2) is 49.4 Å². The lowest BCUT2D eigenvalue weighted by atomic mass is 9.88. The maximum Gasteiger partial charge on any atom is 0.308 e. The number of hydrogen-bond acceptors (Lipinski definition) is 6. The van der Waals surface area contributed by atoms with Crippen LogP contribution in [0, 0.1) is 0 Å². The van der Waals surface area contributed by atoms with E-state index in [1.807, 2.05) is 30.3 Å². The number of aliphatic hydroxyl groups excluding tert-OH is 1. The summed E-state index contributed by atoms with van der Waals surface area (Å²) in [5, 5.41) is 10.2. The van der Waals surface area contributed by atoms with Crippen molar-refractivity contribution < 1.29 is 28.8 Å². The van der Waals surface area contributed by atoms with Crippen LogP contribution in [0.3, 0.4) is 0 Å². The van der Waals surface area contributed by atoms with Crippen molar-refractivity contribution in [2.75, 3.05) is 13.9 Å². The number of esters is 1. The second-order valence-electron chi connectivity index (χ2n) is 5.19. The van der Waals surface area contributed by atoms with Crippen molar-refractivity contribution in [3.8, 4) is 0 Å². The SMILES string of the molecule is COCO[C@H]1[C@@H]2OC(=O)C[C@@H](O[C@@H]1c1ccccc1)[C@H]2O. The number of aliphatic hydroxyl groups is 1. The summed E-state index contributed by atoms with van der Waals surface area (Å²) >= 11 is 0. The van der Waals surface area contributed by atoms with Gasteiger partial charge in [-0.2, -0.15) is 0 Å². The van der Waals surface area contributed by atoms with Crippen LogP contribution in [0.1, 0.15) is 18.1 Å². The lowest BCUT2D eigenvalue weighted by Crippen LogP contribution is -2.60. The molecular formula is C15H18O6. The molecule has 1 N–H and O–H groups in total. The number of carbonyl (C=O) groups is 1. The van der Waals surface area contributed by atoms with Gasteiger partial charge in [-0.25, -0.2) is 0 Å². The Kier molecular flexibility index (Phi) is 4.21. The van der Waals surface area contributed by atoms with E-state index in [0.29, 0.717) is 0 Å². The number of ether oxygens (including phenoxy) is 4. The number of fused-ring (bicyclic) bond motifs is 2. The first-order valence-corrected chi connectivity index (χ1v) is 6.89. The second kappa shape index (κ2) is 6.11. The molecule has 0 saturated carbocycles. The van der Waals surface area contributed by atoms with Gasteiger partial charge in [-0.3, -0.25) is 4.79 Å². The fraction of sp³-hybridized carbons (Fsp3) is 0.533. The summed E-state index contributed by atoms with van der Waals surface area (Å²) in [7, 11) is 1.51. The molecule has 2 bridgehead atoms. The summed E-state index contributed by atoms with van der Waals surface area (Å²) in [5.41, 5.74) is 0.915. The number of methoxy groups -OCH3 is 1. The van der Waals surface area contributed by atoms with Crippen LogP contribution in [0.4, 0.5) is 0 Å². The number of benzene rings is 1. The number of hydrogen-bond donors (Lipinski definition) is 1. The molecule has 2 saturated heterocycles. The topological polar surface area (TPSA) is 74.2 Å². The van der Waals surface area contributed by atoms with Gasteiger partial charge >= 0.3 is 5.97 Å². The van der Waals surface area contributed by atoms with Gasteiger partial charge in [0.25, 0.3) is 0 Å². The van der Waals surface area contributed by atoms with E-state index in [4.69, 9.17) is 18.9 Å². The van der Waals surface area contributed by atoms with Gasteiger partial charge in [-0.05, 0) is 5.56 Å². The minimum absolute atomic E-state index is 0.0306. The molecule has 0 aliphatic carbocycles. The molecule has 2 heterocycles. The molecule has 3 rings (SSSR count). The van der Waals surface area contributed by atoms with E-state index in [-0.39, 0.29) is 19.2 Å². The van der Waals surface area contributed by atoms with Gasteiger partial charge in [0.05, 0.1) is 12.5 Å². The number of rotatable bonds is 4. The lowest BCUT2D eigenvalue weighted by molar-refractivity contribution is -0.276. The molecule has 1 aromatic rings. The maximum atomic E-state index is 11.6. The molecule has 114 valence electrons. The van der Waals surface area contributed by atoms with Crippen molar-refractivity contribution in [1.82, 2.24) is 0 Å². The summed E-state index contributed by atoms with van der Waals surface area (Å²) in [4.78, 5) is 11.6. The maximum absolute atomic E-state index is 11.6. The van der Waals surface area contributed by atoms with Crippen LogP contribution in [0.25, 0.3) is 0 Å². The van der Waals surface area contributed by atoms with Crippen LogP contribution in [0.15, 0.2) is 30.3 Å². The van der Waals surface area contributed by atoms with Crippen molar-refractivity contribution >= 4 is 5.97 Å². The number of carbonyl (C=O) groups excluding carboxylic acids is 1. The van der Waals surface area contributed by atoms with Crippen LogP contribution in [0.5, 0.6) is 0 Å². The normalized spacial score (nSPS) is 35.3. The van der Waals surface area contributed by atoms with E-state index < -0.39 is 30.5 Å². The van der Waals surface area contributed by atoms with Gasteiger partial charge in [0, 0.05) is 7.11 Å². The Morgan fingerprint density at radius 1 is 1.33 bits per heavy atom. The van der Waals surface area contributed by atoms with E-state index in [2.05, 4.69) is 0 Å². The van der Waals surface area contributed by atoms with Crippen LogP contribution in [0.2, 0.25) is 0 Å². The zero-order chi connectivity index (χ0) is 14.8. The lowest BCUT2D eigenvalue weighted by Gasteiger charge is -2.46. The summed E-state index contributed by atoms with van der Waals surface area (Å²) in [6.45, 7) is 0.0306. The van der Waals surface area contributed by atoms with Crippen molar-refractivity contribution in [1.29, 1.82) is 0 Å². The van der Waals surface area contributed by atoms with Crippen molar-refractivity contribution in [3.05, 3.63) is 35.9 Å². The highest BCUT2D eigenvalue weighted by molar-refractivity contribution is 5.71. The third kappa shape index (κ3) is 2.80. The summed E-state index contributed by atoms with van der Waals surface area (Å²) in [6, 6.07) is 9.55. The molecule has 5 atom stereocenters. The van der Waals surface area contributed by atoms with Crippen molar-refractivity contribution in [2.45, 2.75) is 36.9 Å². The largest absolute Gasteiger partial charge is 0.456 e. The highest BCUT2D eigenvalue weighted by Gasteiger charge is 2.52. The molecule has 0 aromatic heterocycles. The molecule has 0 amide bonds. The van der Waals surface area contributed by atoms with E-state index in [0.717, 1.165) is 5.56 Å².